The van der Waals surface area contributed by atoms with Gasteiger partial charge in [0.2, 0.25) is 0 Å². The van der Waals surface area contributed by atoms with Gasteiger partial charge in [0.1, 0.15) is 17.6 Å². The van der Waals surface area contributed by atoms with Crippen molar-refractivity contribution in [2.75, 3.05) is 18.9 Å². The molecule has 10 heteroatoms. The highest BCUT2D eigenvalue weighted by Gasteiger charge is 2.37. The van der Waals surface area contributed by atoms with E-state index in [0.29, 0.717) is 43.0 Å². The van der Waals surface area contributed by atoms with Crippen molar-refractivity contribution in [3.63, 3.8) is 0 Å². The van der Waals surface area contributed by atoms with Crippen LogP contribution in [-0.2, 0) is 4.79 Å². The highest BCUT2D eigenvalue weighted by Crippen LogP contribution is 2.37. The van der Waals surface area contributed by atoms with E-state index in [1.165, 1.54) is 6.92 Å². The highest BCUT2D eigenvalue weighted by atomic mass is 19.4. The van der Waals surface area contributed by atoms with Crippen LogP contribution in [0, 0.1) is 5.92 Å². The van der Waals surface area contributed by atoms with E-state index in [1.807, 2.05) is 0 Å². The Hall–Kier alpha value is -3.30. The zero-order valence-corrected chi connectivity index (χ0v) is 18.7. The Kier molecular flexibility index (Phi) is 7.45. The molecule has 3 N–H and O–H groups in total. The highest BCUT2D eigenvalue weighted by molar-refractivity contribution is 6.39. The third-order valence-corrected chi connectivity index (χ3v) is 5.67. The summed E-state index contributed by atoms with van der Waals surface area (Å²) in [4.78, 5) is 28.3. The number of carbonyl (C=O) groups is 2. The average molecular weight is 464 g/mol. The molecular weight excluding hydrogens is 437 g/mol. The molecule has 1 aromatic carbocycles. The van der Waals surface area contributed by atoms with E-state index in [2.05, 4.69) is 20.9 Å². The van der Waals surface area contributed by atoms with Crippen LogP contribution in [0.15, 0.2) is 52.2 Å². The van der Waals surface area contributed by atoms with E-state index in [1.54, 1.807) is 38.2 Å². The molecule has 1 heterocycles. The summed E-state index contributed by atoms with van der Waals surface area (Å²) in [6.07, 6.45) is -2.26. The molecule has 1 aromatic rings. The topological polar surface area (TPSA) is 91.8 Å². The second-order valence-electron chi connectivity index (χ2n) is 8.11. The van der Waals surface area contributed by atoms with Crippen LogP contribution in [-0.4, -0.2) is 43.5 Å². The first-order chi connectivity index (χ1) is 15.6. The molecule has 1 aliphatic carbocycles. The fourth-order valence-electron chi connectivity index (χ4n) is 3.74. The van der Waals surface area contributed by atoms with Crippen LogP contribution in [0.3, 0.4) is 0 Å². The summed E-state index contributed by atoms with van der Waals surface area (Å²) < 4.78 is 45.6. The molecular formula is C23H27F3N4O3. The number of urea groups is 1. The van der Waals surface area contributed by atoms with Gasteiger partial charge in [-0.15, -0.1) is 0 Å². The third kappa shape index (κ3) is 6.36. The van der Waals surface area contributed by atoms with Crippen LogP contribution in [0.25, 0.3) is 0 Å². The number of hydrogen-bond donors (Lipinski definition) is 3. The first-order valence-electron chi connectivity index (χ1n) is 10.7. The molecule has 2 atom stereocenters. The van der Waals surface area contributed by atoms with Gasteiger partial charge in [-0.2, -0.15) is 13.2 Å². The van der Waals surface area contributed by atoms with Crippen molar-refractivity contribution >= 4 is 23.3 Å². The lowest BCUT2D eigenvalue weighted by molar-refractivity contribution is -0.114. The minimum atomic E-state index is -4.47. The molecule has 2 aliphatic rings. The summed E-state index contributed by atoms with van der Waals surface area (Å²) in [6, 6.07) is 6.00. The number of benzene rings is 1. The lowest BCUT2D eigenvalue weighted by atomic mass is 9.87. The monoisotopic (exact) mass is 464 g/mol. The van der Waals surface area contributed by atoms with E-state index in [9.17, 15) is 22.8 Å². The van der Waals surface area contributed by atoms with Crippen molar-refractivity contribution in [3.8, 4) is 5.75 Å². The molecule has 1 aliphatic heterocycles. The quantitative estimate of drug-likeness (QED) is 0.606. The number of nitrogens with one attached hydrogen (secondary N) is 3. The van der Waals surface area contributed by atoms with E-state index >= 15 is 0 Å². The van der Waals surface area contributed by atoms with Gasteiger partial charge in [-0.05, 0) is 49.6 Å². The Morgan fingerprint density at radius 1 is 1.12 bits per heavy atom. The molecule has 7 nitrogen and oxygen atoms in total. The summed E-state index contributed by atoms with van der Waals surface area (Å²) in [5.74, 6) is 0.0276. The Morgan fingerprint density at radius 3 is 2.45 bits per heavy atom. The summed E-state index contributed by atoms with van der Waals surface area (Å²) in [5.41, 5.74) is 0.668. The van der Waals surface area contributed by atoms with E-state index in [-0.39, 0.29) is 29.2 Å². The molecule has 2 unspecified atom stereocenters. The molecule has 0 saturated carbocycles. The Balaban J connectivity index is 1.56. The summed E-state index contributed by atoms with van der Waals surface area (Å²) in [7, 11) is 1.55. The summed E-state index contributed by atoms with van der Waals surface area (Å²) in [6.45, 7) is 3.67. The van der Waals surface area contributed by atoms with Gasteiger partial charge in [-0.3, -0.25) is 9.79 Å². The zero-order chi connectivity index (χ0) is 24.2. The minimum absolute atomic E-state index is 0.184. The predicted molar refractivity (Wildman–Crippen MR) is 119 cm³/mol. The number of anilines is 1. The normalized spacial score (nSPS) is 21.0. The second kappa shape index (κ2) is 10.1. The van der Waals surface area contributed by atoms with Gasteiger partial charge < -0.3 is 20.7 Å². The van der Waals surface area contributed by atoms with Gasteiger partial charge in [0.25, 0.3) is 5.91 Å². The Bertz CT molecular complexity index is 997. The van der Waals surface area contributed by atoms with Gasteiger partial charge in [-0.1, -0.05) is 12.5 Å². The maximum absolute atomic E-state index is 13.2. The molecule has 0 bridgehead atoms. The van der Waals surface area contributed by atoms with Crippen molar-refractivity contribution in [2.24, 2.45) is 10.9 Å². The van der Waals surface area contributed by atoms with Gasteiger partial charge in [0.05, 0.1) is 5.57 Å². The molecule has 3 amide bonds. The lowest BCUT2D eigenvalue weighted by Crippen LogP contribution is -2.35. The van der Waals surface area contributed by atoms with Gasteiger partial charge in [0.15, 0.2) is 0 Å². The number of amides is 3. The molecule has 0 aromatic heterocycles. The lowest BCUT2D eigenvalue weighted by Gasteiger charge is -2.25. The first-order valence-corrected chi connectivity index (χ1v) is 10.7. The zero-order valence-electron chi connectivity index (χ0n) is 18.7. The molecule has 33 heavy (non-hydrogen) atoms. The largest absolute Gasteiger partial charge is 0.490 e. The Morgan fingerprint density at radius 2 is 1.82 bits per heavy atom. The number of aliphatic imine (C=N–C) groups is 1. The number of ether oxygens (including phenoxy) is 1. The summed E-state index contributed by atoms with van der Waals surface area (Å²) in [5, 5.41) is 7.68. The molecule has 0 saturated heterocycles. The van der Waals surface area contributed by atoms with Crippen molar-refractivity contribution in [3.05, 3.63) is 47.2 Å². The molecule has 0 spiro atoms. The Labute approximate surface area is 190 Å². The van der Waals surface area contributed by atoms with Crippen LogP contribution >= 0.6 is 0 Å². The van der Waals surface area contributed by atoms with Crippen LogP contribution in [0.2, 0.25) is 0 Å². The average Bonchev–Trinajstić information content (AvgIpc) is 2.76. The van der Waals surface area contributed by atoms with Crippen molar-refractivity contribution in [1.29, 1.82) is 0 Å². The SMILES string of the molecule is CNC(=O)C1=NCCC(Oc2ccc(NC(=O)NC3=CC(C(F)(F)F)=C(C)C(C)C3)cc2)C1. The number of allylic oxidation sites excluding steroid dienone is 4. The summed E-state index contributed by atoms with van der Waals surface area (Å²) >= 11 is 0. The molecule has 0 fully saturated rings. The fraction of sp³-hybridized carbons (Fsp3) is 0.435. The van der Waals surface area contributed by atoms with Gasteiger partial charge in [0, 0.05) is 37.8 Å². The number of halogens is 3. The minimum Gasteiger partial charge on any atom is -0.490 e. The third-order valence-electron chi connectivity index (χ3n) is 5.67. The van der Waals surface area contributed by atoms with Crippen LogP contribution < -0.4 is 20.7 Å². The maximum Gasteiger partial charge on any atom is 0.416 e. The van der Waals surface area contributed by atoms with Crippen molar-refractivity contribution in [1.82, 2.24) is 10.6 Å². The van der Waals surface area contributed by atoms with E-state index in [4.69, 9.17) is 4.74 Å². The number of hydrogen-bond acceptors (Lipinski definition) is 4. The van der Waals surface area contributed by atoms with E-state index < -0.39 is 17.8 Å². The number of carbonyl (C=O) groups excluding carboxylic acids is 2. The van der Waals surface area contributed by atoms with Crippen LogP contribution in [0.1, 0.15) is 33.1 Å². The fourth-order valence-corrected chi connectivity index (χ4v) is 3.74. The van der Waals surface area contributed by atoms with Crippen molar-refractivity contribution < 1.29 is 27.5 Å². The molecule has 0 radical (unpaired) electrons. The van der Waals surface area contributed by atoms with Crippen molar-refractivity contribution in [2.45, 2.75) is 45.4 Å². The first kappa shape index (κ1) is 24.3. The number of nitrogens with zero attached hydrogens (tertiary/aromatic N) is 1. The molecule has 3 rings (SSSR count). The number of rotatable bonds is 5. The predicted octanol–water partition coefficient (Wildman–Crippen LogP) is 4.34. The van der Waals surface area contributed by atoms with E-state index in [0.717, 1.165) is 6.08 Å². The van der Waals surface area contributed by atoms with Gasteiger partial charge in [-0.25, -0.2) is 4.79 Å². The smallest absolute Gasteiger partial charge is 0.416 e. The van der Waals surface area contributed by atoms with Gasteiger partial charge >= 0.3 is 12.2 Å². The molecule has 178 valence electrons. The number of alkyl halides is 3. The standard InChI is InChI=1S/C23H27F3N4O3/c1-13-10-16(11-19(14(13)2)23(24,25)26)30-22(32)29-15-4-6-17(7-5-15)33-18-8-9-28-20(12-18)21(31)27-3/h4-7,11,13,18H,8-10,12H2,1-3H3,(H,27,31)(H2,29,30,32). The second-order valence-corrected chi connectivity index (χ2v) is 8.11. The van der Waals surface area contributed by atoms with Crippen LogP contribution in [0.4, 0.5) is 23.7 Å². The maximum atomic E-state index is 13.2. The van der Waals surface area contributed by atoms with Crippen LogP contribution in [0.5, 0.6) is 5.75 Å².